The van der Waals surface area contributed by atoms with Gasteiger partial charge in [-0.2, -0.15) is 0 Å². The lowest BCUT2D eigenvalue weighted by atomic mass is 10.4. The monoisotopic (exact) mass is 148 g/mol. The molecule has 1 aliphatic heterocycles. The van der Waals surface area contributed by atoms with Crippen LogP contribution in [-0.4, -0.2) is 13.5 Å². The largest absolute Gasteiger partial charge is 0.123 e. The molecule has 1 fully saturated rings. The van der Waals surface area contributed by atoms with Crippen molar-refractivity contribution in [1.82, 2.24) is 0 Å². The highest BCUT2D eigenvalue weighted by atomic mass is 35.5. The first kappa shape index (κ1) is 6.62. The second kappa shape index (κ2) is 2.03. The summed E-state index contributed by atoms with van der Waals surface area (Å²) in [6.07, 6.45) is 1.28. The highest BCUT2D eigenvalue weighted by molar-refractivity contribution is 6.79. The Bertz CT molecular complexity index is 90.5. The Morgan fingerprint density at radius 2 is 2.12 bits per heavy atom. The van der Waals surface area contributed by atoms with Gasteiger partial charge >= 0.3 is 0 Å². The van der Waals surface area contributed by atoms with Crippen LogP contribution in [0.3, 0.4) is 0 Å². The fourth-order valence-corrected chi connectivity index (χ4v) is 5.63. The zero-order valence-corrected chi connectivity index (χ0v) is 7.33. The van der Waals surface area contributed by atoms with Crippen molar-refractivity contribution in [3.05, 3.63) is 0 Å². The van der Waals surface area contributed by atoms with E-state index in [0.29, 0.717) is 5.38 Å². The maximum absolute atomic E-state index is 5.93. The van der Waals surface area contributed by atoms with Gasteiger partial charge < -0.3 is 0 Å². The zero-order valence-electron chi connectivity index (χ0n) is 5.58. The second-order valence-electron chi connectivity index (χ2n) is 3.50. The SMILES string of the molecule is C[Si]1(C)CCC(Cl)C1. The van der Waals surface area contributed by atoms with E-state index in [1.54, 1.807) is 0 Å². The summed E-state index contributed by atoms with van der Waals surface area (Å²) in [5.41, 5.74) is 0. The van der Waals surface area contributed by atoms with Gasteiger partial charge in [0.25, 0.3) is 0 Å². The summed E-state index contributed by atoms with van der Waals surface area (Å²) < 4.78 is 0. The molecule has 0 amide bonds. The van der Waals surface area contributed by atoms with E-state index < -0.39 is 8.07 Å². The number of halogens is 1. The molecule has 0 N–H and O–H groups in total. The Balaban J connectivity index is 2.44. The Morgan fingerprint density at radius 3 is 2.25 bits per heavy atom. The van der Waals surface area contributed by atoms with Gasteiger partial charge in [-0.25, -0.2) is 0 Å². The lowest BCUT2D eigenvalue weighted by Gasteiger charge is -2.11. The first-order valence-electron chi connectivity index (χ1n) is 3.24. The minimum Gasteiger partial charge on any atom is -0.123 e. The molecule has 0 radical (unpaired) electrons. The molecule has 0 aromatic carbocycles. The first-order chi connectivity index (χ1) is 3.60. The average molecular weight is 149 g/mol. The maximum atomic E-state index is 5.93. The number of rotatable bonds is 0. The fourth-order valence-electron chi connectivity index (χ4n) is 1.35. The van der Waals surface area contributed by atoms with E-state index in [2.05, 4.69) is 13.1 Å². The van der Waals surface area contributed by atoms with E-state index in [1.807, 2.05) is 0 Å². The molecule has 0 bridgehead atoms. The lowest BCUT2D eigenvalue weighted by molar-refractivity contribution is 0.944. The van der Waals surface area contributed by atoms with E-state index >= 15 is 0 Å². The molecule has 48 valence electrons. The molecule has 0 saturated carbocycles. The summed E-state index contributed by atoms with van der Waals surface area (Å²) in [7, 11) is -0.735. The van der Waals surface area contributed by atoms with Crippen molar-refractivity contribution in [2.75, 3.05) is 0 Å². The minimum absolute atomic E-state index is 0.525. The van der Waals surface area contributed by atoms with E-state index in [-0.39, 0.29) is 0 Å². The molecule has 2 heteroatoms. The van der Waals surface area contributed by atoms with Crippen LogP contribution in [0.5, 0.6) is 0 Å². The van der Waals surface area contributed by atoms with E-state index in [9.17, 15) is 0 Å². The van der Waals surface area contributed by atoms with Crippen LogP contribution in [0.4, 0.5) is 0 Å². The van der Waals surface area contributed by atoms with Crippen LogP contribution in [0.25, 0.3) is 0 Å². The van der Waals surface area contributed by atoms with Crippen LogP contribution in [0, 0.1) is 0 Å². The molecule has 1 saturated heterocycles. The van der Waals surface area contributed by atoms with Crippen molar-refractivity contribution in [1.29, 1.82) is 0 Å². The second-order valence-corrected chi connectivity index (χ2v) is 9.36. The molecule has 1 atom stereocenters. The Kier molecular flexibility index (Phi) is 1.68. The third-order valence-electron chi connectivity index (χ3n) is 1.91. The van der Waals surface area contributed by atoms with Gasteiger partial charge in [0, 0.05) is 13.5 Å². The van der Waals surface area contributed by atoms with Crippen LogP contribution >= 0.6 is 11.6 Å². The van der Waals surface area contributed by atoms with Gasteiger partial charge in [0.05, 0.1) is 0 Å². The predicted octanol–water partition coefficient (Wildman–Crippen LogP) is 2.71. The number of hydrogen-bond acceptors (Lipinski definition) is 0. The fraction of sp³-hybridized carbons (Fsp3) is 1.00. The third-order valence-corrected chi connectivity index (χ3v) is 5.78. The molecule has 0 nitrogen and oxygen atoms in total. The molecule has 0 aromatic heterocycles. The van der Waals surface area contributed by atoms with Crippen LogP contribution < -0.4 is 0 Å². The highest BCUT2D eigenvalue weighted by Gasteiger charge is 2.30. The van der Waals surface area contributed by atoms with Crippen molar-refractivity contribution >= 4 is 19.7 Å². The molecule has 1 heterocycles. The summed E-state index contributed by atoms with van der Waals surface area (Å²) in [4.78, 5) is 0. The highest BCUT2D eigenvalue weighted by Crippen LogP contribution is 2.32. The van der Waals surface area contributed by atoms with Gasteiger partial charge in [-0.1, -0.05) is 19.1 Å². The average Bonchev–Trinajstić information content (AvgIpc) is 1.82. The molecular weight excluding hydrogens is 136 g/mol. The molecular formula is C6H13ClSi. The molecule has 1 unspecified atom stereocenters. The summed E-state index contributed by atoms with van der Waals surface area (Å²) in [5.74, 6) is 0. The minimum atomic E-state index is -0.735. The van der Waals surface area contributed by atoms with E-state index in [1.165, 1.54) is 18.5 Å². The van der Waals surface area contributed by atoms with E-state index in [0.717, 1.165) is 0 Å². The molecule has 1 aliphatic rings. The van der Waals surface area contributed by atoms with Crippen molar-refractivity contribution in [3.63, 3.8) is 0 Å². The third kappa shape index (κ3) is 1.49. The van der Waals surface area contributed by atoms with Crippen molar-refractivity contribution in [3.8, 4) is 0 Å². The van der Waals surface area contributed by atoms with Gasteiger partial charge in [-0.15, -0.1) is 11.6 Å². The summed E-state index contributed by atoms with van der Waals surface area (Å²) >= 11 is 5.93. The Morgan fingerprint density at radius 1 is 1.50 bits per heavy atom. The molecule has 0 aromatic rings. The van der Waals surface area contributed by atoms with Gasteiger partial charge in [0.1, 0.15) is 0 Å². The summed E-state index contributed by atoms with van der Waals surface area (Å²) in [6, 6.07) is 2.79. The van der Waals surface area contributed by atoms with E-state index in [4.69, 9.17) is 11.6 Å². The lowest BCUT2D eigenvalue weighted by Crippen LogP contribution is -2.19. The van der Waals surface area contributed by atoms with Gasteiger partial charge in [-0.05, 0) is 12.5 Å². The smallest absolute Gasteiger partial charge is 0.0488 e. The quantitative estimate of drug-likeness (QED) is 0.366. The Hall–Kier alpha value is 0.507. The molecule has 8 heavy (non-hydrogen) atoms. The van der Waals surface area contributed by atoms with Crippen molar-refractivity contribution < 1.29 is 0 Å². The maximum Gasteiger partial charge on any atom is 0.0488 e. The van der Waals surface area contributed by atoms with Crippen LogP contribution in [0.15, 0.2) is 0 Å². The van der Waals surface area contributed by atoms with Crippen LogP contribution in [0.2, 0.25) is 25.2 Å². The topological polar surface area (TPSA) is 0 Å². The number of hydrogen-bond donors (Lipinski definition) is 0. The summed E-state index contributed by atoms with van der Waals surface area (Å²) in [6.45, 7) is 4.85. The first-order valence-corrected chi connectivity index (χ1v) is 7.09. The normalized spacial score (nSPS) is 35.6. The van der Waals surface area contributed by atoms with Crippen LogP contribution in [0.1, 0.15) is 6.42 Å². The summed E-state index contributed by atoms with van der Waals surface area (Å²) in [5, 5.41) is 0.525. The van der Waals surface area contributed by atoms with Crippen LogP contribution in [-0.2, 0) is 0 Å². The Labute approximate surface area is 57.2 Å². The van der Waals surface area contributed by atoms with Crippen molar-refractivity contribution in [2.24, 2.45) is 0 Å². The van der Waals surface area contributed by atoms with Gasteiger partial charge in [-0.3, -0.25) is 0 Å². The molecule has 1 rings (SSSR count). The predicted molar refractivity (Wildman–Crippen MR) is 41.4 cm³/mol. The standard InChI is InChI=1S/C6H13ClSi/c1-8(2)4-3-6(7)5-8/h6H,3-5H2,1-2H3. The zero-order chi connectivity index (χ0) is 6.20. The van der Waals surface area contributed by atoms with Gasteiger partial charge in [0.2, 0.25) is 0 Å². The van der Waals surface area contributed by atoms with Crippen molar-refractivity contribution in [2.45, 2.75) is 37.0 Å². The molecule has 0 spiro atoms. The van der Waals surface area contributed by atoms with Gasteiger partial charge in [0.15, 0.2) is 0 Å². The molecule has 0 aliphatic carbocycles. The number of alkyl halides is 1.